The SMILES string of the molecule is C#CCNc1c(C(N)=O)cc(P(C)(C)=O)cc1C1CCOCC1. The third-order valence-corrected chi connectivity index (χ3v) is 5.57. The van der Waals surface area contributed by atoms with E-state index >= 15 is 0 Å². The first kappa shape index (κ1) is 17.6. The normalized spacial score (nSPS) is 15.9. The molecule has 6 heteroatoms. The van der Waals surface area contributed by atoms with E-state index in [0.717, 1.165) is 18.4 Å². The Balaban J connectivity index is 2.62. The van der Waals surface area contributed by atoms with Gasteiger partial charge in [0, 0.05) is 18.5 Å². The van der Waals surface area contributed by atoms with Gasteiger partial charge < -0.3 is 20.4 Å². The second kappa shape index (κ2) is 7.21. The van der Waals surface area contributed by atoms with Crippen molar-refractivity contribution in [2.45, 2.75) is 18.8 Å². The Hall–Kier alpha value is -1.76. The first-order chi connectivity index (χ1) is 10.8. The van der Waals surface area contributed by atoms with E-state index in [4.69, 9.17) is 16.9 Å². The summed E-state index contributed by atoms with van der Waals surface area (Å²) >= 11 is 0. The van der Waals surface area contributed by atoms with Gasteiger partial charge in [0.05, 0.1) is 17.8 Å². The number of rotatable bonds is 5. The number of benzene rings is 1. The van der Waals surface area contributed by atoms with Gasteiger partial charge in [-0.2, -0.15) is 0 Å². The third kappa shape index (κ3) is 4.16. The summed E-state index contributed by atoms with van der Waals surface area (Å²) in [6.07, 6.45) is 7.04. The molecule has 3 N–H and O–H groups in total. The highest BCUT2D eigenvalue weighted by Gasteiger charge is 2.25. The summed E-state index contributed by atoms with van der Waals surface area (Å²) in [5.74, 6) is 2.20. The summed E-state index contributed by atoms with van der Waals surface area (Å²) < 4.78 is 17.9. The molecular formula is C17H23N2O3P. The number of terminal acetylenes is 1. The Labute approximate surface area is 137 Å². The second-order valence-corrected chi connectivity index (χ2v) is 9.34. The number of anilines is 1. The van der Waals surface area contributed by atoms with E-state index in [1.807, 2.05) is 6.07 Å². The van der Waals surface area contributed by atoms with Crippen LogP contribution in [0.15, 0.2) is 12.1 Å². The number of carbonyl (C=O) groups excluding carboxylic acids is 1. The van der Waals surface area contributed by atoms with Gasteiger partial charge in [0.25, 0.3) is 5.91 Å². The highest BCUT2D eigenvalue weighted by molar-refractivity contribution is 7.70. The molecule has 0 aliphatic carbocycles. The third-order valence-electron chi connectivity index (χ3n) is 4.07. The molecule has 0 bridgehead atoms. The van der Waals surface area contributed by atoms with Crippen LogP contribution >= 0.6 is 7.14 Å². The van der Waals surface area contributed by atoms with Crippen molar-refractivity contribution in [2.24, 2.45) is 5.73 Å². The maximum absolute atomic E-state index is 12.5. The second-order valence-electron chi connectivity index (χ2n) is 6.12. The fourth-order valence-corrected chi connectivity index (χ4v) is 3.71. The highest BCUT2D eigenvalue weighted by atomic mass is 31.2. The van der Waals surface area contributed by atoms with Gasteiger partial charge in [-0.3, -0.25) is 4.79 Å². The summed E-state index contributed by atoms with van der Waals surface area (Å²) in [7, 11) is -2.52. The van der Waals surface area contributed by atoms with E-state index in [-0.39, 0.29) is 5.92 Å². The molecule has 0 aromatic heterocycles. The van der Waals surface area contributed by atoms with E-state index in [2.05, 4.69) is 11.2 Å². The van der Waals surface area contributed by atoms with Crippen LogP contribution in [0.1, 0.15) is 34.7 Å². The van der Waals surface area contributed by atoms with Crippen molar-refractivity contribution in [2.75, 3.05) is 38.4 Å². The smallest absolute Gasteiger partial charge is 0.250 e. The van der Waals surface area contributed by atoms with Crippen molar-refractivity contribution in [3.8, 4) is 12.3 Å². The molecule has 1 amide bonds. The lowest BCUT2D eigenvalue weighted by Crippen LogP contribution is -2.23. The Kier molecular flexibility index (Phi) is 5.51. The monoisotopic (exact) mass is 334 g/mol. The van der Waals surface area contributed by atoms with Gasteiger partial charge in [-0.25, -0.2) is 0 Å². The quantitative estimate of drug-likeness (QED) is 0.637. The van der Waals surface area contributed by atoms with Gasteiger partial charge in [-0.15, -0.1) is 6.42 Å². The zero-order valence-corrected chi connectivity index (χ0v) is 14.5. The van der Waals surface area contributed by atoms with Crippen molar-refractivity contribution in [3.63, 3.8) is 0 Å². The predicted octanol–water partition coefficient (Wildman–Crippen LogP) is 1.97. The van der Waals surface area contributed by atoms with Crippen LogP contribution in [-0.4, -0.2) is 39.0 Å². The standard InChI is InChI=1S/C17H23N2O3P/c1-4-7-19-16-14(12-5-8-22-9-6-12)10-13(23(2,3)21)11-15(16)17(18)20/h1,10-12,19H,5-9H2,2-3H3,(H2,18,20). The van der Waals surface area contributed by atoms with Crippen LogP contribution in [-0.2, 0) is 9.30 Å². The molecule has 1 aliphatic heterocycles. The first-order valence-corrected chi connectivity index (χ1v) is 10.2. The van der Waals surface area contributed by atoms with Gasteiger partial charge in [0.1, 0.15) is 7.14 Å². The molecule has 124 valence electrons. The van der Waals surface area contributed by atoms with E-state index in [1.165, 1.54) is 0 Å². The molecule has 5 nitrogen and oxygen atoms in total. The van der Waals surface area contributed by atoms with Crippen molar-refractivity contribution >= 4 is 24.0 Å². The minimum absolute atomic E-state index is 0.230. The lowest BCUT2D eigenvalue weighted by atomic mass is 9.88. The molecule has 0 radical (unpaired) electrons. The maximum Gasteiger partial charge on any atom is 0.250 e. The minimum Gasteiger partial charge on any atom is -0.381 e. The van der Waals surface area contributed by atoms with E-state index in [1.54, 1.807) is 19.4 Å². The minimum atomic E-state index is -2.52. The first-order valence-electron chi connectivity index (χ1n) is 7.63. The van der Waals surface area contributed by atoms with E-state index in [9.17, 15) is 9.36 Å². The lowest BCUT2D eigenvalue weighted by molar-refractivity contribution is 0.0854. The van der Waals surface area contributed by atoms with Gasteiger partial charge in [-0.05, 0) is 49.8 Å². The number of carbonyl (C=O) groups is 1. The molecule has 1 aromatic carbocycles. The fourth-order valence-electron chi connectivity index (χ4n) is 2.82. The molecule has 2 rings (SSSR count). The van der Waals surface area contributed by atoms with Crippen LogP contribution in [0.3, 0.4) is 0 Å². The van der Waals surface area contributed by atoms with Crippen molar-refractivity contribution in [3.05, 3.63) is 23.3 Å². The maximum atomic E-state index is 12.5. The molecule has 1 aromatic rings. The average molecular weight is 334 g/mol. The topological polar surface area (TPSA) is 81.4 Å². The molecule has 0 unspecified atom stereocenters. The summed E-state index contributed by atoms with van der Waals surface area (Å²) in [4.78, 5) is 11.9. The summed E-state index contributed by atoms with van der Waals surface area (Å²) in [6, 6.07) is 3.56. The zero-order valence-electron chi connectivity index (χ0n) is 13.6. The van der Waals surface area contributed by atoms with Gasteiger partial charge in [0.2, 0.25) is 0 Å². The number of nitrogens with two attached hydrogens (primary N) is 1. The lowest BCUT2D eigenvalue weighted by Gasteiger charge is -2.27. The van der Waals surface area contributed by atoms with E-state index < -0.39 is 13.0 Å². The number of primary amides is 1. The van der Waals surface area contributed by atoms with Crippen molar-refractivity contribution in [1.82, 2.24) is 0 Å². The van der Waals surface area contributed by atoms with Gasteiger partial charge in [0.15, 0.2) is 0 Å². The molecule has 23 heavy (non-hydrogen) atoms. The van der Waals surface area contributed by atoms with Crippen molar-refractivity contribution < 1.29 is 14.1 Å². The molecule has 1 aliphatic rings. The molecule has 0 spiro atoms. The number of amides is 1. The number of nitrogens with one attached hydrogen (secondary N) is 1. The summed E-state index contributed by atoms with van der Waals surface area (Å²) in [5, 5.41) is 3.79. The molecule has 1 fully saturated rings. The Morgan fingerprint density at radius 2 is 2.09 bits per heavy atom. The largest absolute Gasteiger partial charge is 0.381 e. The van der Waals surface area contributed by atoms with Crippen LogP contribution in [0, 0.1) is 12.3 Å². The Morgan fingerprint density at radius 3 is 2.61 bits per heavy atom. The molecule has 1 heterocycles. The molecular weight excluding hydrogens is 311 g/mol. The Bertz CT molecular complexity index is 682. The molecule has 0 saturated carbocycles. The number of ether oxygens (including phenoxy) is 1. The average Bonchev–Trinajstić information content (AvgIpc) is 2.52. The zero-order chi connectivity index (χ0) is 17.0. The van der Waals surface area contributed by atoms with Crippen LogP contribution < -0.4 is 16.4 Å². The molecule has 1 saturated heterocycles. The summed E-state index contributed by atoms with van der Waals surface area (Å²) in [5.41, 5.74) is 7.53. The fraction of sp³-hybridized carbons (Fsp3) is 0.471. The number of hydrogen-bond donors (Lipinski definition) is 2. The number of hydrogen-bond acceptors (Lipinski definition) is 4. The van der Waals surface area contributed by atoms with Crippen LogP contribution in [0.2, 0.25) is 0 Å². The van der Waals surface area contributed by atoms with Gasteiger partial charge >= 0.3 is 0 Å². The van der Waals surface area contributed by atoms with E-state index in [0.29, 0.717) is 36.3 Å². The van der Waals surface area contributed by atoms with Gasteiger partial charge in [-0.1, -0.05) is 5.92 Å². The van der Waals surface area contributed by atoms with Crippen molar-refractivity contribution in [1.29, 1.82) is 0 Å². The Morgan fingerprint density at radius 1 is 1.43 bits per heavy atom. The highest BCUT2D eigenvalue weighted by Crippen LogP contribution is 2.40. The van der Waals surface area contributed by atoms with Crippen LogP contribution in [0.5, 0.6) is 0 Å². The summed E-state index contributed by atoms with van der Waals surface area (Å²) in [6.45, 7) is 5.02. The van der Waals surface area contributed by atoms with Crippen LogP contribution in [0.25, 0.3) is 0 Å². The molecule has 0 atom stereocenters. The van der Waals surface area contributed by atoms with Crippen LogP contribution in [0.4, 0.5) is 5.69 Å². The predicted molar refractivity (Wildman–Crippen MR) is 94.2 cm³/mol.